The molecule has 0 spiro atoms. The molecule has 4 nitrogen and oxygen atoms in total. The Morgan fingerprint density at radius 1 is 1.18 bits per heavy atom. The first-order valence-electron chi connectivity index (χ1n) is 6.55. The van der Waals surface area contributed by atoms with Gasteiger partial charge < -0.3 is 10.2 Å². The van der Waals surface area contributed by atoms with E-state index in [4.69, 9.17) is 0 Å². The smallest absolute Gasteiger partial charge is 0.244 e. The zero-order chi connectivity index (χ0) is 16.1. The van der Waals surface area contributed by atoms with Gasteiger partial charge in [-0.2, -0.15) is 0 Å². The van der Waals surface area contributed by atoms with Gasteiger partial charge in [0, 0.05) is 22.8 Å². The molecule has 6 heteroatoms. The van der Waals surface area contributed by atoms with E-state index < -0.39 is 5.82 Å². The van der Waals surface area contributed by atoms with Crippen molar-refractivity contribution in [3.63, 3.8) is 0 Å². The number of rotatable bonds is 4. The summed E-state index contributed by atoms with van der Waals surface area (Å²) in [4.78, 5) is 25.0. The summed E-state index contributed by atoms with van der Waals surface area (Å²) in [5.74, 6) is -1.16. The summed E-state index contributed by atoms with van der Waals surface area (Å²) < 4.78 is 14.2. The van der Waals surface area contributed by atoms with Crippen LogP contribution in [-0.2, 0) is 9.59 Å². The fourth-order valence-electron chi connectivity index (χ4n) is 1.91. The molecule has 2 aromatic carbocycles. The van der Waals surface area contributed by atoms with Gasteiger partial charge in [0.25, 0.3) is 0 Å². The SMILES string of the molecule is CC(=O)N(CC(=O)Nc1ccc(Br)cc1)c1cccc(F)c1. The summed E-state index contributed by atoms with van der Waals surface area (Å²) in [6.07, 6.45) is 0. The normalized spacial score (nSPS) is 10.1. The second-order valence-corrected chi connectivity index (χ2v) is 5.56. The molecule has 2 aromatic rings. The maximum Gasteiger partial charge on any atom is 0.244 e. The van der Waals surface area contributed by atoms with E-state index in [1.54, 1.807) is 30.3 Å². The van der Waals surface area contributed by atoms with E-state index in [0.717, 1.165) is 4.47 Å². The molecular weight excluding hydrogens is 351 g/mol. The third kappa shape index (κ3) is 4.39. The standard InChI is InChI=1S/C16H14BrFN2O2/c1-11(21)20(15-4-2-3-13(18)9-15)10-16(22)19-14-7-5-12(17)6-8-14/h2-9H,10H2,1H3,(H,19,22). The highest BCUT2D eigenvalue weighted by Gasteiger charge is 2.16. The third-order valence-electron chi connectivity index (χ3n) is 2.93. The lowest BCUT2D eigenvalue weighted by molar-refractivity contribution is -0.120. The Hall–Kier alpha value is -2.21. The number of amides is 2. The minimum absolute atomic E-state index is 0.186. The molecule has 0 fully saturated rings. The second kappa shape index (κ2) is 7.17. The Balaban J connectivity index is 2.09. The Labute approximate surface area is 136 Å². The van der Waals surface area contributed by atoms with Gasteiger partial charge in [-0.3, -0.25) is 9.59 Å². The number of benzene rings is 2. The molecule has 0 unspecified atom stereocenters. The fraction of sp³-hybridized carbons (Fsp3) is 0.125. The van der Waals surface area contributed by atoms with E-state index in [2.05, 4.69) is 21.2 Å². The van der Waals surface area contributed by atoms with Crippen LogP contribution in [0.1, 0.15) is 6.92 Å². The first-order chi connectivity index (χ1) is 10.5. The van der Waals surface area contributed by atoms with Crippen LogP contribution in [0.15, 0.2) is 53.0 Å². The van der Waals surface area contributed by atoms with E-state index in [0.29, 0.717) is 11.4 Å². The van der Waals surface area contributed by atoms with Crippen LogP contribution in [0.3, 0.4) is 0 Å². The molecule has 2 amide bonds. The van der Waals surface area contributed by atoms with Crippen LogP contribution in [0.25, 0.3) is 0 Å². The van der Waals surface area contributed by atoms with Crippen LogP contribution in [0, 0.1) is 5.82 Å². The highest BCUT2D eigenvalue weighted by molar-refractivity contribution is 9.10. The summed E-state index contributed by atoms with van der Waals surface area (Å²) in [6.45, 7) is 1.15. The predicted octanol–water partition coefficient (Wildman–Crippen LogP) is 3.58. The highest BCUT2D eigenvalue weighted by atomic mass is 79.9. The number of anilines is 2. The van der Waals surface area contributed by atoms with Crippen molar-refractivity contribution in [3.05, 3.63) is 58.8 Å². The number of carbonyl (C=O) groups is 2. The van der Waals surface area contributed by atoms with Gasteiger partial charge in [-0.05, 0) is 42.5 Å². The zero-order valence-electron chi connectivity index (χ0n) is 11.8. The minimum Gasteiger partial charge on any atom is -0.325 e. The zero-order valence-corrected chi connectivity index (χ0v) is 13.4. The molecule has 22 heavy (non-hydrogen) atoms. The minimum atomic E-state index is -0.461. The molecule has 0 aromatic heterocycles. The van der Waals surface area contributed by atoms with Crippen LogP contribution in [-0.4, -0.2) is 18.4 Å². The predicted molar refractivity (Wildman–Crippen MR) is 87.2 cm³/mol. The Morgan fingerprint density at radius 3 is 2.45 bits per heavy atom. The topological polar surface area (TPSA) is 49.4 Å². The van der Waals surface area contributed by atoms with Crippen LogP contribution >= 0.6 is 15.9 Å². The molecule has 114 valence electrons. The Bertz CT molecular complexity index is 689. The molecule has 0 bridgehead atoms. The first kappa shape index (κ1) is 16.2. The van der Waals surface area contributed by atoms with E-state index in [9.17, 15) is 14.0 Å². The highest BCUT2D eigenvalue weighted by Crippen LogP contribution is 2.17. The summed E-state index contributed by atoms with van der Waals surface area (Å²) in [7, 11) is 0. The van der Waals surface area contributed by atoms with Crippen molar-refractivity contribution in [2.45, 2.75) is 6.92 Å². The summed E-state index contributed by atoms with van der Waals surface area (Å²) in [5, 5.41) is 2.69. The quantitative estimate of drug-likeness (QED) is 0.901. The average molecular weight is 365 g/mol. The van der Waals surface area contributed by atoms with Gasteiger partial charge in [-0.15, -0.1) is 0 Å². The average Bonchev–Trinajstić information content (AvgIpc) is 2.47. The van der Waals surface area contributed by atoms with Gasteiger partial charge in [0.2, 0.25) is 11.8 Å². The maximum atomic E-state index is 13.3. The van der Waals surface area contributed by atoms with Gasteiger partial charge in [0.05, 0.1) is 0 Å². The second-order valence-electron chi connectivity index (χ2n) is 4.64. The van der Waals surface area contributed by atoms with Crippen molar-refractivity contribution in [1.29, 1.82) is 0 Å². The molecule has 0 saturated carbocycles. The molecule has 0 saturated heterocycles. The van der Waals surface area contributed by atoms with Crippen LogP contribution in [0.4, 0.5) is 15.8 Å². The lowest BCUT2D eigenvalue weighted by atomic mass is 10.2. The van der Waals surface area contributed by atoms with Gasteiger partial charge in [-0.25, -0.2) is 4.39 Å². The van der Waals surface area contributed by atoms with E-state index in [1.807, 2.05) is 0 Å². The van der Waals surface area contributed by atoms with Gasteiger partial charge in [-0.1, -0.05) is 22.0 Å². The van der Waals surface area contributed by atoms with Crippen LogP contribution in [0.2, 0.25) is 0 Å². The van der Waals surface area contributed by atoms with Gasteiger partial charge >= 0.3 is 0 Å². The molecule has 0 atom stereocenters. The van der Waals surface area contributed by atoms with Crippen molar-refractivity contribution in [2.24, 2.45) is 0 Å². The molecule has 0 aliphatic rings. The molecule has 1 N–H and O–H groups in total. The molecule has 0 aliphatic heterocycles. The molecule has 0 aliphatic carbocycles. The third-order valence-corrected chi connectivity index (χ3v) is 3.46. The summed E-state index contributed by atoms with van der Waals surface area (Å²) >= 11 is 3.31. The largest absolute Gasteiger partial charge is 0.325 e. The monoisotopic (exact) mass is 364 g/mol. The number of carbonyl (C=O) groups excluding carboxylic acids is 2. The molecule has 2 rings (SSSR count). The number of nitrogens with one attached hydrogen (secondary N) is 1. The Morgan fingerprint density at radius 2 is 1.86 bits per heavy atom. The lowest BCUT2D eigenvalue weighted by Gasteiger charge is -2.20. The number of halogens is 2. The van der Waals surface area contributed by atoms with Crippen molar-refractivity contribution in [2.75, 3.05) is 16.8 Å². The van der Waals surface area contributed by atoms with Crippen molar-refractivity contribution < 1.29 is 14.0 Å². The number of hydrogen-bond acceptors (Lipinski definition) is 2. The van der Waals surface area contributed by atoms with Crippen LogP contribution < -0.4 is 10.2 Å². The maximum absolute atomic E-state index is 13.3. The van der Waals surface area contributed by atoms with Crippen molar-refractivity contribution in [1.82, 2.24) is 0 Å². The number of hydrogen-bond donors (Lipinski definition) is 1. The van der Waals surface area contributed by atoms with E-state index >= 15 is 0 Å². The van der Waals surface area contributed by atoms with Crippen molar-refractivity contribution >= 4 is 39.1 Å². The van der Waals surface area contributed by atoms with E-state index in [1.165, 1.54) is 30.0 Å². The molecular formula is C16H14BrFN2O2. The fourth-order valence-corrected chi connectivity index (χ4v) is 2.17. The number of nitrogens with zero attached hydrogens (tertiary/aromatic N) is 1. The van der Waals surface area contributed by atoms with Gasteiger partial charge in [0.15, 0.2) is 0 Å². The first-order valence-corrected chi connectivity index (χ1v) is 7.34. The van der Waals surface area contributed by atoms with Crippen LogP contribution in [0.5, 0.6) is 0 Å². The molecule has 0 heterocycles. The lowest BCUT2D eigenvalue weighted by Crippen LogP contribution is -2.36. The van der Waals surface area contributed by atoms with E-state index in [-0.39, 0.29) is 18.4 Å². The summed E-state index contributed by atoms with van der Waals surface area (Å²) in [5.41, 5.74) is 0.967. The van der Waals surface area contributed by atoms with Gasteiger partial charge in [0.1, 0.15) is 12.4 Å². The van der Waals surface area contributed by atoms with Crippen molar-refractivity contribution in [3.8, 4) is 0 Å². The summed E-state index contributed by atoms with van der Waals surface area (Å²) in [6, 6.07) is 12.6. The molecule has 0 radical (unpaired) electrons. The Kier molecular flexibility index (Phi) is 5.27.